The van der Waals surface area contributed by atoms with Gasteiger partial charge in [0.25, 0.3) is 15.9 Å². The largest absolute Gasteiger partial charge is 0.355 e. The van der Waals surface area contributed by atoms with Gasteiger partial charge in [0.1, 0.15) is 4.90 Å². The molecule has 3 aromatic heterocycles. The van der Waals surface area contributed by atoms with Crippen LogP contribution in [0.25, 0.3) is 46.4 Å². The molecule has 3 aliphatic rings. The van der Waals surface area contributed by atoms with Gasteiger partial charge in [-0.1, -0.05) is 12.1 Å². The molecule has 0 saturated carbocycles. The van der Waals surface area contributed by atoms with Gasteiger partial charge in [-0.25, -0.2) is 23.1 Å². The van der Waals surface area contributed by atoms with E-state index in [9.17, 15) is 13.2 Å². The Morgan fingerprint density at radius 1 is 0.583 bits per heavy atom. The predicted molar refractivity (Wildman–Crippen MR) is 140 cm³/mol. The summed E-state index contributed by atoms with van der Waals surface area (Å²) in [6.45, 7) is 0. The first-order valence-corrected chi connectivity index (χ1v) is 12.6. The van der Waals surface area contributed by atoms with Crippen molar-refractivity contribution >= 4 is 62.3 Å². The average Bonchev–Trinajstić information content (AvgIpc) is 3.67. The maximum Gasteiger partial charge on any atom is 0.266 e. The van der Waals surface area contributed by atoms with Crippen LogP contribution in [0.3, 0.4) is 0 Å². The van der Waals surface area contributed by atoms with Gasteiger partial charge in [0, 0.05) is 22.1 Å². The number of hydrogen-bond donors (Lipinski definition) is 3. The second-order valence-corrected chi connectivity index (χ2v) is 9.99. The van der Waals surface area contributed by atoms with Crippen molar-refractivity contribution in [1.82, 2.24) is 24.7 Å². The molecule has 0 radical (unpaired) electrons. The van der Waals surface area contributed by atoms with Gasteiger partial charge in [0.05, 0.1) is 28.3 Å². The van der Waals surface area contributed by atoms with Gasteiger partial charge in [-0.3, -0.25) is 4.79 Å². The number of rotatable bonds is 0. The third-order valence-corrected chi connectivity index (χ3v) is 7.08. The normalized spacial score (nSPS) is 14.6. The second-order valence-electron chi connectivity index (χ2n) is 8.34. The van der Waals surface area contributed by atoms with Gasteiger partial charge >= 0.3 is 0 Å². The fourth-order valence-electron chi connectivity index (χ4n) is 4.06. The molecule has 1 aromatic carbocycles. The number of H-pyrrole nitrogens is 2. The van der Waals surface area contributed by atoms with Crippen LogP contribution in [0.5, 0.6) is 0 Å². The first kappa shape index (κ1) is 21.8. The van der Waals surface area contributed by atoms with Gasteiger partial charge in [0.2, 0.25) is 0 Å². The number of benzene rings is 1. The molecule has 3 N–H and O–H groups in total. The van der Waals surface area contributed by atoms with Crippen LogP contribution in [0.2, 0.25) is 0 Å². The molecule has 8 bridgehead atoms. The van der Waals surface area contributed by atoms with Gasteiger partial charge in [-0.2, -0.15) is 0 Å². The summed E-state index contributed by atoms with van der Waals surface area (Å²) in [5, 5.41) is 0. The van der Waals surface area contributed by atoms with Gasteiger partial charge < -0.3 is 9.97 Å². The number of fused-ring (bicyclic) bond motifs is 9. The lowest BCUT2D eigenvalue weighted by Crippen LogP contribution is -2.20. The molecule has 36 heavy (non-hydrogen) atoms. The second kappa shape index (κ2) is 8.47. The Morgan fingerprint density at radius 3 is 1.42 bits per heavy atom. The number of carbonyl (C=O) groups is 1. The average molecular weight is 494 g/mol. The van der Waals surface area contributed by atoms with E-state index in [1.165, 1.54) is 12.1 Å². The molecule has 0 fully saturated rings. The zero-order valence-corrected chi connectivity index (χ0v) is 19.6. The fourth-order valence-corrected chi connectivity index (χ4v) is 5.24. The molecule has 176 valence electrons. The fraction of sp³-hybridized carbons (Fsp3) is 0. The molecule has 6 heterocycles. The summed E-state index contributed by atoms with van der Waals surface area (Å²) in [6.07, 6.45) is 8.09. The molecule has 0 atom stereocenters. The Balaban J connectivity index is 0.000000168. The van der Waals surface area contributed by atoms with E-state index in [1.54, 1.807) is 12.1 Å². The lowest BCUT2D eigenvalue weighted by Gasteiger charge is -1.91. The van der Waals surface area contributed by atoms with Crippen molar-refractivity contribution in [2.75, 3.05) is 0 Å². The quantitative estimate of drug-likeness (QED) is 0.281. The molecule has 0 aliphatic carbocycles. The zero-order valence-electron chi connectivity index (χ0n) is 18.8. The molecule has 9 heteroatoms. The SMILES string of the molecule is C1=Cc2cc3ccc(cc4nc(cc5ccc(cc1n2)[nH]5)C=C4)[nH]3.O=C1NS(=O)(=O)c2ccccc21. The molecule has 0 unspecified atom stereocenters. The van der Waals surface area contributed by atoms with Crippen molar-refractivity contribution in [3.63, 3.8) is 0 Å². The van der Waals surface area contributed by atoms with Crippen LogP contribution in [0.15, 0.2) is 77.7 Å². The number of nitrogens with one attached hydrogen (secondary N) is 3. The Bertz CT molecular complexity index is 1690. The number of hydrogen-bond acceptors (Lipinski definition) is 5. The summed E-state index contributed by atoms with van der Waals surface area (Å²) < 4.78 is 24.2. The Morgan fingerprint density at radius 2 is 1.00 bits per heavy atom. The van der Waals surface area contributed by atoms with Gasteiger partial charge in [0.15, 0.2) is 0 Å². The van der Waals surface area contributed by atoms with Crippen molar-refractivity contribution in [3.05, 3.63) is 101 Å². The first-order valence-electron chi connectivity index (χ1n) is 11.1. The van der Waals surface area contributed by atoms with E-state index in [0.29, 0.717) is 0 Å². The highest BCUT2D eigenvalue weighted by Gasteiger charge is 2.31. The topological polar surface area (TPSA) is 121 Å². The van der Waals surface area contributed by atoms with Crippen LogP contribution in [-0.4, -0.2) is 34.3 Å². The van der Waals surface area contributed by atoms with Crippen molar-refractivity contribution in [1.29, 1.82) is 0 Å². The molecule has 8 nitrogen and oxygen atoms in total. The number of sulfonamides is 1. The molecule has 4 aromatic rings. The van der Waals surface area contributed by atoms with Crippen molar-refractivity contribution in [2.24, 2.45) is 0 Å². The van der Waals surface area contributed by atoms with Crippen molar-refractivity contribution in [2.45, 2.75) is 4.90 Å². The molecule has 7 rings (SSSR count). The maximum atomic E-state index is 11.1. The standard InChI is InChI=1S/C20H14N4.C7H5NO3S/c1-2-14-10-16-5-6-18(23-16)12-20-8-7-19(24-20)11-17-4-3-15(22-17)9-13(1)21-14;9-7-5-3-1-2-4-6(5)12(10,11)8-7/h1-12,21,24H;1-4H,(H,8,9). The molecule has 0 spiro atoms. The number of aromatic amines is 2. The smallest absolute Gasteiger partial charge is 0.266 e. The highest BCUT2D eigenvalue weighted by Crippen LogP contribution is 2.21. The minimum absolute atomic E-state index is 0.0648. The summed E-state index contributed by atoms with van der Waals surface area (Å²) in [5.41, 5.74) is 8.08. The van der Waals surface area contributed by atoms with E-state index in [0.717, 1.165) is 44.8 Å². The lowest BCUT2D eigenvalue weighted by molar-refractivity contribution is 0.0985. The van der Waals surface area contributed by atoms with Crippen LogP contribution < -0.4 is 4.72 Å². The molecule has 0 saturated heterocycles. The minimum atomic E-state index is -3.55. The summed E-state index contributed by atoms with van der Waals surface area (Å²) in [6, 6.07) is 22.5. The van der Waals surface area contributed by atoms with E-state index >= 15 is 0 Å². The Labute approximate surface area is 206 Å². The van der Waals surface area contributed by atoms with Gasteiger partial charge in [-0.05, 0) is 85.0 Å². The van der Waals surface area contributed by atoms with Crippen molar-refractivity contribution < 1.29 is 13.2 Å². The Kier molecular flexibility index (Phi) is 5.12. The van der Waals surface area contributed by atoms with Crippen LogP contribution in [0.1, 0.15) is 33.1 Å². The van der Waals surface area contributed by atoms with Crippen LogP contribution in [0.4, 0.5) is 0 Å². The van der Waals surface area contributed by atoms with E-state index in [4.69, 9.17) is 0 Å². The number of amides is 1. The van der Waals surface area contributed by atoms with Crippen LogP contribution in [0, 0.1) is 0 Å². The summed E-state index contributed by atoms with van der Waals surface area (Å²) in [5.74, 6) is -0.550. The minimum Gasteiger partial charge on any atom is -0.355 e. The predicted octanol–water partition coefficient (Wildman–Crippen LogP) is 4.77. The molecule has 3 aliphatic heterocycles. The van der Waals surface area contributed by atoms with E-state index in [2.05, 4.69) is 44.2 Å². The molecular formula is C27H19N5O3S. The number of carbonyl (C=O) groups excluding carboxylic acids is 1. The van der Waals surface area contributed by atoms with Crippen LogP contribution in [-0.2, 0) is 10.0 Å². The maximum absolute atomic E-state index is 11.1. The summed E-state index contributed by atoms with van der Waals surface area (Å²) in [7, 11) is -3.55. The molecular weight excluding hydrogens is 474 g/mol. The highest BCUT2D eigenvalue weighted by atomic mass is 32.2. The first-order chi connectivity index (χ1) is 17.4. The van der Waals surface area contributed by atoms with E-state index in [1.807, 2.05) is 53.3 Å². The third-order valence-electron chi connectivity index (χ3n) is 5.69. The number of aromatic nitrogens is 4. The Hall–Kier alpha value is -4.76. The zero-order chi connectivity index (χ0) is 24.7. The summed E-state index contributed by atoms with van der Waals surface area (Å²) >= 11 is 0. The highest BCUT2D eigenvalue weighted by molar-refractivity contribution is 7.90. The molecule has 1 amide bonds. The number of nitrogens with zero attached hydrogens (tertiary/aromatic N) is 2. The van der Waals surface area contributed by atoms with Crippen LogP contribution >= 0.6 is 0 Å². The third kappa shape index (κ3) is 4.35. The lowest BCUT2D eigenvalue weighted by atomic mass is 10.2. The monoisotopic (exact) mass is 493 g/mol. The van der Waals surface area contributed by atoms with E-state index in [-0.39, 0.29) is 10.5 Å². The van der Waals surface area contributed by atoms with E-state index < -0.39 is 15.9 Å². The summed E-state index contributed by atoms with van der Waals surface area (Å²) in [4.78, 5) is 27.1. The van der Waals surface area contributed by atoms with Crippen molar-refractivity contribution in [3.8, 4) is 0 Å². The van der Waals surface area contributed by atoms with Gasteiger partial charge in [-0.15, -0.1) is 0 Å².